The van der Waals surface area contributed by atoms with Gasteiger partial charge in [-0.15, -0.1) is 0 Å². The Morgan fingerprint density at radius 2 is 1.92 bits per heavy atom. The van der Waals surface area contributed by atoms with E-state index in [2.05, 4.69) is 39.8 Å². The average molecular weight is 484 g/mol. The Morgan fingerprint density at radius 3 is 2.56 bits per heavy atom. The summed E-state index contributed by atoms with van der Waals surface area (Å²) < 4.78 is 13.4. The SMILES string of the molecule is CCC[C@@H](C)OC(=O)Nc1ccc(-c2c(C#N)c3ccc(Oc4cnccn4)cc3n2C(C)C)cc1. The predicted octanol–water partition coefficient (Wildman–Crippen LogP) is 7.08. The van der Waals surface area contributed by atoms with Gasteiger partial charge in [0.2, 0.25) is 5.88 Å². The van der Waals surface area contributed by atoms with E-state index in [4.69, 9.17) is 9.47 Å². The second-order valence-corrected chi connectivity index (χ2v) is 8.83. The molecule has 1 atom stereocenters. The third-order valence-corrected chi connectivity index (χ3v) is 5.77. The van der Waals surface area contributed by atoms with Crippen molar-refractivity contribution >= 4 is 22.7 Å². The fourth-order valence-electron chi connectivity index (χ4n) is 4.25. The summed E-state index contributed by atoms with van der Waals surface area (Å²) in [7, 11) is 0. The normalized spacial score (nSPS) is 11.8. The number of nitriles is 1. The first-order valence-corrected chi connectivity index (χ1v) is 12.0. The highest BCUT2D eigenvalue weighted by molar-refractivity contribution is 5.96. The zero-order valence-electron chi connectivity index (χ0n) is 20.9. The van der Waals surface area contributed by atoms with Crippen LogP contribution in [0.1, 0.15) is 52.1 Å². The van der Waals surface area contributed by atoms with Gasteiger partial charge in [-0.05, 0) is 57.0 Å². The summed E-state index contributed by atoms with van der Waals surface area (Å²) in [6.45, 7) is 8.08. The fourth-order valence-corrected chi connectivity index (χ4v) is 4.25. The molecule has 0 spiro atoms. The first kappa shape index (κ1) is 24.7. The van der Waals surface area contributed by atoms with E-state index in [0.29, 0.717) is 22.9 Å². The number of anilines is 1. The van der Waals surface area contributed by atoms with Gasteiger partial charge in [-0.2, -0.15) is 5.26 Å². The van der Waals surface area contributed by atoms with Gasteiger partial charge in [0.05, 0.1) is 23.0 Å². The molecule has 8 nitrogen and oxygen atoms in total. The zero-order valence-corrected chi connectivity index (χ0v) is 20.9. The number of amides is 1. The highest BCUT2D eigenvalue weighted by Crippen LogP contribution is 2.38. The van der Waals surface area contributed by atoms with Gasteiger partial charge in [-0.3, -0.25) is 10.3 Å². The number of carbonyl (C=O) groups is 1. The minimum absolute atomic E-state index is 0.0733. The molecule has 0 fully saturated rings. The third kappa shape index (κ3) is 5.31. The van der Waals surface area contributed by atoms with E-state index in [1.54, 1.807) is 18.6 Å². The van der Waals surface area contributed by atoms with Crippen LogP contribution in [0.4, 0.5) is 10.5 Å². The predicted molar refractivity (Wildman–Crippen MR) is 139 cm³/mol. The lowest BCUT2D eigenvalue weighted by Crippen LogP contribution is -2.20. The van der Waals surface area contributed by atoms with Gasteiger partial charge in [0, 0.05) is 35.6 Å². The van der Waals surface area contributed by atoms with Gasteiger partial charge in [0.15, 0.2) is 0 Å². The molecule has 0 saturated heterocycles. The summed E-state index contributed by atoms with van der Waals surface area (Å²) in [4.78, 5) is 20.4. The van der Waals surface area contributed by atoms with Gasteiger partial charge in [0.25, 0.3) is 0 Å². The number of ether oxygens (including phenoxy) is 2. The van der Waals surface area contributed by atoms with Crippen LogP contribution in [0.15, 0.2) is 61.1 Å². The summed E-state index contributed by atoms with van der Waals surface area (Å²) in [5, 5.41) is 13.7. The Hall–Kier alpha value is -4.38. The van der Waals surface area contributed by atoms with Crippen LogP contribution in [0, 0.1) is 11.3 Å². The molecule has 2 heterocycles. The highest BCUT2D eigenvalue weighted by Gasteiger charge is 2.21. The van der Waals surface area contributed by atoms with E-state index in [0.717, 1.165) is 35.0 Å². The monoisotopic (exact) mass is 483 g/mol. The summed E-state index contributed by atoms with van der Waals surface area (Å²) >= 11 is 0. The minimum Gasteiger partial charge on any atom is -0.446 e. The molecule has 0 aliphatic carbocycles. The molecule has 2 aromatic heterocycles. The van der Waals surface area contributed by atoms with Crippen LogP contribution in [0.5, 0.6) is 11.6 Å². The van der Waals surface area contributed by atoms with Gasteiger partial charge in [-0.1, -0.05) is 25.5 Å². The van der Waals surface area contributed by atoms with E-state index >= 15 is 0 Å². The van der Waals surface area contributed by atoms with Crippen molar-refractivity contribution in [3.8, 4) is 29.0 Å². The molecular weight excluding hydrogens is 454 g/mol. The molecule has 0 saturated carbocycles. The number of hydrogen-bond acceptors (Lipinski definition) is 6. The lowest BCUT2D eigenvalue weighted by Gasteiger charge is -2.16. The molecule has 1 amide bonds. The van der Waals surface area contributed by atoms with Gasteiger partial charge < -0.3 is 14.0 Å². The van der Waals surface area contributed by atoms with Crippen molar-refractivity contribution in [1.82, 2.24) is 14.5 Å². The smallest absolute Gasteiger partial charge is 0.411 e. The fraction of sp³-hybridized carbons (Fsp3) is 0.286. The number of nitrogens with zero attached hydrogens (tertiary/aromatic N) is 4. The topological polar surface area (TPSA) is 102 Å². The molecule has 8 heteroatoms. The Bertz CT molecular complexity index is 1390. The zero-order chi connectivity index (χ0) is 25.7. The molecule has 4 rings (SSSR count). The van der Waals surface area contributed by atoms with Crippen molar-refractivity contribution in [3.05, 3.63) is 66.6 Å². The quantitative estimate of drug-likeness (QED) is 0.287. The second-order valence-electron chi connectivity index (χ2n) is 8.83. The van der Waals surface area contributed by atoms with E-state index in [1.807, 2.05) is 56.3 Å². The molecular formula is C28H29N5O3. The maximum atomic E-state index is 12.2. The second kappa shape index (κ2) is 10.9. The van der Waals surface area contributed by atoms with Crippen molar-refractivity contribution in [3.63, 3.8) is 0 Å². The number of benzene rings is 2. The molecule has 4 aromatic rings. The Balaban J connectivity index is 1.68. The lowest BCUT2D eigenvalue weighted by molar-refractivity contribution is 0.115. The highest BCUT2D eigenvalue weighted by atomic mass is 16.6. The van der Waals surface area contributed by atoms with Gasteiger partial charge in [-0.25, -0.2) is 9.78 Å². The van der Waals surface area contributed by atoms with Crippen LogP contribution < -0.4 is 10.1 Å². The number of rotatable bonds is 8. The molecule has 0 bridgehead atoms. The molecule has 0 aliphatic rings. The van der Waals surface area contributed by atoms with E-state index in [1.165, 1.54) is 0 Å². The van der Waals surface area contributed by atoms with Gasteiger partial charge in [0.1, 0.15) is 17.9 Å². The van der Waals surface area contributed by atoms with E-state index < -0.39 is 6.09 Å². The first-order chi connectivity index (χ1) is 17.4. The molecule has 36 heavy (non-hydrogen) atoms. The number of hydrogen-bond donors (Lipinski definition) is 1. The van der Waals surface area contributed by atoms with Crippen LogP contribution in [-0.4, -0.2) is 26.7 Å². The standard InChI is InChI=1S/C28H29N5O3/c1-5-6-19(4)35-28(34)32-21-9-7-20(8-10-21)27-24(16-29)23-12-11-22(15-25(23)33(27)18(2)3)36-26-17-30-13-14-31-26/h7-15,17-19H,5-6H2,1-4H3,(H,32,34)/t19-/m1/s1. The molecule has 1 N–H and O–H groups in total. The van der Waals surface area contributed by atoms with Crippen LogP contribution in [0.25, 0.3) is 22.2 Å². The van der Waals surface area contributed by atoms with Crippen LogP contribution in [0.3, 0.4) is 0 Å². The van der Waals surface area contributed by atoms with Crippen LogP contribution >= 0.6 is 0 Å². The van der Waals surface area contributed by atoms with E-state index in [-0.39, 0.29) is 12.1 Å². The van der Waals surface area contributed by atoms with Crippen molar-refractivity contribution in [2.24, 2.45) is 0 Å². The molecule has 2 aromatic carbocycles. The number of carbonyl (C=O) groups excluding carboxylic acids is 1. The van der Waals surface area contributed by atoms with Crippen molar-refractivity contribution in [2.45, 2.75) is 52.7 Å². The van der Waals surface area contributed by atoms with Crippen LogP contribution in [0.2, 0.25) is 0 Å². The van der Waals surface area contributed by atoms with Crippen molar-refractivity contribution < 1.29 is 14.3 Å². The Kier molecular flexibility index (Phi) is 7.50. The lowest BCUT2D eigenvalue weighted by atomic mass is 10.1. The van der Waals surface area contributed by atoms with Crippen molar-refractivity contribution in [2.75, 3.05) is 5.32 Å². The number of nitrogens with one attached hydrogen (secondary N) is 1. The largest absolute Gasteiger partial charge is 0.446 e. The number of aromatic nitrogens is 3. The number of fused-ring (bicyclic) bond motifs is 1. The Morgan fingerprint density at radius 1 is 1.14 bits per heavy atom. The Labute approximate surface area is 210 Å². The molecule has 0 aliphatic heterocycles. The maximum absolute atomic E-state index is 12.2. The maximum Gasteiger partial charge on any atom is 0.411 e. The molecule has 0 radical (unpaired) electrons. The minimum atomic E-state index is -0.478. The van der Waals surface area contributed by atoms with Crippen molar-refractivity contribution in [1.29, 1.82) is 5.26 Å². The van der Waals surface area contributed by atoms with Crippen LogP contribution in [-0.2, 0) is 4.74 Å². The summed E-state index contributed by atoms with van der Waals surface area (Å²) in [6, 6.07) is 15.5. The summed E-state index contributed by atoms with van der Waals surface area (Å²) in [5.74, 6) is 1.000. The summed E-state index contributed by atoms with van der Waals surface area (Å²) in [5.41, 5.74) is 3.76. The van der Waals surface area contributed by atoms with Gasteiger partial charge >= 0.3 is 6.09 Å². The molecule has 0 unspecified atom stereocenters. The summed E-state index contributed by atoms with van der Waals surface area (Å²) in [6.07, 6.45) is 5.85. The molecule has 184 valence electrons. The average Bonchev–Trinajstić information content (AvgIpc) is 3.19. The van der Waals surface area contributed by atoms with E-state index in [9.17, 15) is 10.1 Å². The first-order valence-electron chi connectivity index (χ1n) is 12.0. The third-order valence-electron chi connectivity index (χ3n) is 5.77.